The molecular formula is C10H14O4. The average Bonchev–Trinajstić information content (AvgIpc) is 2.03. The summed E-state index contributed by atoms with van der Waals surface area (Å²) in [7, 11) is 0. The molecule has 4 nitrogen and oxygen atoms in total. The van der Waals surface area contributed by atoms with Crippen molar-refractivity contribution in [3.8, 4) is 5.75 Å². The van der Waals surface area contributed by atoms with E-state index < -0.39 is 6.16 Å². The van der Waals surface area contributed by atoms with Gasteiger partial charge in [-0.2, -0.15) is 0 Å². The van der Waals surface area contributed by atoms with Crippen LogP contribution in [0, 0.1) is 0 Å². The lowest BCUT2D eigenvalue weighted by Crippen LogP contribution is -1.81. The molecule has 0 saturated heterocycles. The molecule has 0 spiro atoms. The van der Waals surface area contributed by atoms with Crippen LogP contribution in [0.1, 0.15) is 18.9 Å². The van der Waals surface area contributed by atoms with Gasteiger partial charge in [0.05, 0.1) is 0 Å². The van der Waals surface area contributed by atoms with Crippen molar-refractivity contribution < 1.29 is 20.1 Å². The van der Waals surface area contributed by atoms with Crippen molar-refractivity contribution in [3.63, 3.8) is 0 Å². The van der Waals surface area contributed by atoms with Crippen molar-refractivity contribution in [2.45, 2.75) is 19.8 Å². The van der Waals surface area contributed by atoms with E-state index in [0.29, 0.717) is 5.75 Å². The molecule has 1 rings (SSSR count). The minimum absolute atomic E-state index is 0.367. The van der Waals surface area contributed by atoms with E-state index in [1.165, 1.54) is 5.56 Å². The highest BCUT2D eigenvalue weighted by Crippen LogP contribution is 2.11. The summed E-state index contributed by atoms with van der Waals surface area (Å²) in [4.78, 5) is 8.56. The summed E-state index contributed by atoms with van der Waals surface area (Å²) in [6.45, 7) is 2.13. The summed E-state index contributed by atoms with van der Waals surface area (Å²) in [5.41, 5.74) is 1.21. The van der Waals surface area contributed by atoms with Crippen LogP contribution >= 0.6 is 0 Å². The number of hydrogen-bond donors (Lipinski definition) is 3. The van der Waals surface area contributed by atoms with Crippen molar-refractivity contribution >= 4 is 6.16 Å². The van der Waals surface area contributed by atoms with Crippen LogP contribution < -0.4 is 0 Å². The second-order valence-electron chi connectivity index (χ2n) is 2.70. The Morgan fingerprint density at radius 1 is 1.36 bits per heavy atom. The van der Waals surface area contributed by atoms with Gasteiger partial charge in [0.1, 0.15) is 5.75 Å². The first-order chi connectivity index (χ1) is 6.56. The van der Waals surface area contributed by atoms with E-state index in [2.05, 4.69) is 6.92 Å². The zero-order chi connectivity index (χ0) is 11.0. The van der Waals surface area contributed by atoms with Gasteiger partial charge in [-0.05, 0) is 24.1 Å². The van der Waals surface area contributed by atoms with Gasteiger partial charge in [0.15, 0.2) is 0 Å². The van der Waals surface area contributed by atoms with Crippen LogP contribution in [0.2, 0.25) is 0 Å². The lowest BCUT2D eigenvalue weighted by atomic mass is 10.1. The number of rotatable bonds is 2. The number of carbonyl (C=O) groups is 1. The van der Waals surface area contributed by atoms with E-state index in [1.807, 2.05) is 18.2 Å². The Balaban J connectivity index is 0.000000364. The van der Waals surface area contributed by atoms with Crippen LogP contribution in [-0.4, -0.2) is 21.5 Å². The molecule has 14 heavy (non-hydrogen) atoms. The molecule has 0 saturated carbocycles. The SMILES string of the molecule is CCCc1cccc(O)c1.O=C(O)O. The topological polar surface area (TPSA) is 77.8 Å². The molecule has 0 heterocycles. The van der Waals surface area contributed by atoms with Gasteiger partial charge in [-0.1, -0.05) is 25.5 Å². The van der Waals surface area contributed by atoms with Crippen LogP contribution in [0.25, 0.3) is 0 Å². The summed E-state index contributed by atoms with van der Waals surface area (Å²) >= 11 is 0. The summed E-state index contributed by atoms with van der Waals surface area (Å²) in [5, 5.41) is 23.0. The van der Waals surface area contributed by atoms with E-state index in [0.717, 1.165) is 12.8 Å². The molecule has 3 N–H and O–H groups in total. The highest BCUT2D eigenvalue weighted by Gasteiger charge is 1.90. The summed E-state index contributed by atoms with van der Waals surface area (Å²) in [5.74, 6) is 0.367. The predicted molar refractivity (Wildman–Crippen MR) is 52.8 cm³/mol. The highest BCUT2D eigenvalue weighted by molar-refractivity contribution is 5.53. The highest BCUT2D eigenvalue weighted by atomic mass is 16.6. The smallest absolute Gasteiger partial charge is 0.503 e. The molecule has 0 fully saturated rings. The van der Waals surface area contributed by atoms with E-state index in [9.17, 15) is 0 Å². The third-order valence-electron chi connectivity index (χ3n) is 1.45. The zero-order valence-corrected chi connectivity index (χ0v) is 7.97. The van der Waals surface area contributed by atoms with Gasteiger partial charge >= 0.3 is 6.16 Å². The quantitative estimate of drug-likeness (QED) is 0.682. The zero-order valence-electron chi connectivity index (χ0n) is 7.97. The molecule has 0 aromatic heterocycles. The number of phenolic OH excluding ortho intramolecular Hbond substituents is 1. The van der Waals surface area contributed by atoms with Crippen LogP contribution in [0.15, 0.2) is 24.3 Å². The van der Waals surface area contributed by atoms with E-state index >= 15 is 0 Å². The molecule has 0 radical (unpaired) electrons. The van der Waals surface area contributed by atoms with E-state index in [1.54, 1.807) is 6.07 Å². The molecule has 1 aromatic rings. The van der Waals surface area contributed by atoms with Gasteiger partial charge in [-0.15, -0.1) is 0 Å². The van der Waals surface area contributed by atoms with Crippen LogP contribution in [0.5, 0.6) is 5.75 Å². The fraction of sp³-hybridized carbons (Fsp3) is 0.300. The van der Waals surface area contributed by atoms with E-state index in [4.69, 9.17) is 20.1 Å². The first kappa shape index (κ1) is 12.3. The van der Waals surface area contributed by atoms with Gasteiger partial charge in [-0.25, -0.2) is 4.79 Å². The van der Waals surface area contributed by atoms with Crippen molar-refractivity contribution in [2.75, 3.05) is 0 Å². The molecule has 0 amide bonds. The molecule has 0 aliphatic carbocycles. The van der Waals surface area contributed by atoms with Crippen LogP contribution in [-0.2, 0) is 6.42 Å². The van der Waals surface area contributed by atoms with Crippen molar-refractivity contribution in [1.82, 2.24) is 0 Å². The van der Waals surface area contributed by atoms with Gasteiger partial charge in [0.25, 0.3) is 0 Å². The molecular weight excluding hydrogens is 184 g/mol. The fourth-order valence-corrected chi connectivity index (χ4v) is 1.00. The molecule has 0 atom stereocenters. The summed E-state index contributed by atoms with van der Waals surface area (Å²) in [6.07, 6.45) is 0.345. The number of carboxylic acid groups (broad SMARTS) is 2. The Morgan fingerprint density at radius 3 is 2.36 bits per heavy atom. The first-order valence-electron chi connectivity index (χ1n) is 4.26. The maximum absolute atomic E-state index is 9.04. The first-order valence-corrected chi connectivity index (χ1v) is 4.26. The predicted octanol–water partition coefficient (Wildman–Crippen LogP) is 2.57. The molecule has 0 unspecified atom stereocenters. The summed E-state index contributed by atoms with van der Waals surface area (Å²) < 4.78 is 0. The fourth-order valence-electron chi connectivity index (χ4n) is 1.00. The molecule has 0 aliphatic heterocycles. The van der Waals surface area contributed by atoms with Crippen molar-refractivity contribution in [2.24, 2.45) is 0 Å². The number of benzene rings is 1. The van der Waals surface area contributed by atoms with Crippen molar-refractivity contribution in [1.29, 1.82) is 0 Å². The second kappa shape index (κ2) is 6.77. The average molecular weight is 198 g/mol. The van der Waals surface area contributed by atoms with Crippen molar-refractivity contribution in [3.05, 3.63) is 29.8 Å². The normalized spacial score (nSPS) is 8.64. The third-order valence-corrected chi connectivity index (χ3v) is 1.45. The lowest BCUT2D eigenvalue weighted by molar-refractivity contribution is 0.137. The Bertz CT molecular complexity index is 279. The van der Waals surface area contributed by atoms with Crippen LogP contribution in [0.3, 0.4) is 0 Å². The summed E-state index contributed by atoms with van der Waals surface area (Å²) in [6, 6.07) is 7.41. The standard InChI is InChI=1S/C9H12O.CH2O3/c1-2-4-8-5-3-6-9(10)7-8;2-1(3)4/h3,5-7,10H,2,4H2,1H3;(H2,2,3,4). The Morgan fingerprint density at radius 2 is 1.93 bits per heavy atom. The maximum Gasteiger partial charge on any atom is 0.503 e. The van der Waals surface area contributed by atoms with Gasteiger partial charge in [0.2, 0.25) is 0 Å². The van der Waals surface area contributed by atoms with Gasteiger partial charge < -0.3 is 15.3 Å². The Hall–Kier alpha value is -1.71. The maximum atomic E-state index is 9.04. The van der Waals surface area contributed by atoms with E-state index in [-0.39, 0.29) is 0 Å². The number of hydrogen-bond acceptors (Lipinski definition) is 2. The minimum atomic E-state index is -1.83. The monoisotopic (exact) mass is 198 g/mol. The molecule has 0 bridgehead atoms. The molecule has 0 aliphatic rings. The lowest BCUT2D eigenvalue weighted by Gasteiger charge is -1.97. The van der Waals surface area contributed by atoms with Gasteiger partial charge in [-0.3, -0.25) is 0 Å². The molecule has 1 aromatic carbocycles. The number of aryl methyl sites for hydroxylation is 1. The minimum Gasteiger partial charge on any atom is -0.508 e. The third kappa shape index (κ3) is 6.97. The number of phenols is 1. The largest absolute Gasteiger partial charge is 0.508 e. The molecule has 78 valence electrons. The number of aromatic hydroxyl groups is 1. The Kier molecular flexibility index (Phi) is 5.94. The Labute approximate surface area is 82.4 Å². The van der Waals surface area contributed by atoms with Crippen LogP contribution in [0.4, 0.5) is 4.79 Å². The molecule has 4 heteroatoms. The second-order valence-corrected chi connectivity index (χ2v) is 2.70. The van der Waals surface area contributed by atoms with Gasteiger partial charge in [0, 0.05) is 0 Å².